The van der Waals surface area contributed by atoms with E-state index in [0.717, 1.165) is 18.5 Å². The Hall–Kier alpha value is -1.06. The zero-order valence-electron chi connectivity index (χ0n) is 11.6. The van der Waals surface area contributed by atoms with Crippen molar-refractivity contribution >= 4 is 10.0 Å². The summed E-state index contributed by atoms with van der Waals surface area (Å²) in [5.74, 6) is 0. The molecule has 0 unspecified atom stereocenters. The van der Waals surface area contributed by atoms with Crippen LogP contribution in [-0.2, 0) is 23.6 Å². The highest BCUT2D eigenvalue weighted by molar-refractivity contribution is 7.89. The number of sulfonamides is 1. The van der Waals surface area contributed by atoms with Crippen molar-refractivity contribution in [3.05, 3.63) is 18.0 Å². The van der Waals surface area contributed by atoms with Crippen molar-refractivity contribution < 1.29 is 21.6 Å². The van der Waals surface area contributed by atoms with Gasteiger partial charge in [0.2, 0.25) is 10.0 Å². The number of alkyl halides is 3. The smallest absolute Gasteiger partial charge is 0.352 e. The third kappa shape index (κ3) is 5.01. The minimum Gasteiger partial charge on any atom is -0.352 e. The molecular formula is C12H18F3N3O2S. The van der Waals surface area contributed by atoms with Gasteiger partial charge in [0.25, 0.3) is 0 Å². The monoisotopic (exact) mass is 325 g/mol. The number of nitrogens with zero attached hydrogens (tertiary/aromatic N) is 1. The van der Waals surface area contributed by atoms with Gasteiger partial charge in [-0.2, -0.15) is 13.2 Å². The molecule has 9 heteroatoms. The van der Waals surface area contributed by atoms with Crippen molar-refractivity contribution in [3.8, 4) is 0 Å². The highest BCUT2D eigenvalue weighted by Gasteiger charge is 2.28. The van der Waals surface area contributed by atoms with E-state index in [9.17, 15) is 21.6 Å². The van der Waals surface area contributed by atoms with Crippen molar-refractivity contribution in [2.24, 2.45) is 7.05 Å². The van der Waals surface area contributed by atoms with Crippen LogP contribution in [-0.4, -0.2) is 31.7 Å². The van der Waals surface area contributed by atoms with Crippen LogP contribution in [0.3, 0.4) is 0 Å². The zero-order valence-corrected chi connectivity index (χ0v) is 12.4. The van der Waals surface area contributed by atoms with Gasteiger partial charge in [-0.15, -0.1) is 0 Å². The van der Waals surface area contributed by atoms with E-state index < -0.39 is 29.2 Å². The molecule has 0 amide bonds. The van der Waals surface area contributed by atoms with E-state index in [-0.39, 0.29) is 4.90 Å². The highest BCUT2D eigenvalue weighted by Crippen LogP contribution is 2.21. The Bertz CT molecular complexity index is 591. The number of hydrogen-bond donors (Lipinski definition) is 2. The van der Waals surface area contributed by atoms with Crippen molar-refractivity contribution in [2.75, 3.05) is 6.54 Å². The maximum atomic E-state index is 12.0. The van der Waals surface area contributed by atoms with Gasteiger partial charge in [-0.25, -0.2) is 13.1 Å². The molecule has 0 atom stereocenters. The van der Waals surface area contributed by atoms with E-state index in [0.29, 0.717) is 12.6 Å². The Balaban J connectivity index is 1.96. The molecule has 21 heavy (non-hydrogen) atoms. The van der Waals surface area contributed by atoms with Crippen LogP contribution in [0.25, 0.3) is 0 Å². The summed E-state index contributed by atoms with van der Waals surface area (Å²) in [5, 5.41) is 3.26. The first-order valence-electron chi connectivity index (χ1n) is 6.62. The Kier molecular flexibility index (Phi) is 4.64. The number of rotatable bonds is 7. The van der Waals surface area contributed by atoms with Gasteiger partial charge in [0.1, 0.15) is 0 Å². The quantitative estimate of drug-likeness (QED) is 0.799. The third-order valence-electron chi connectivity index (χ3n) is 3.24. The zero-order chi connectivity index (χ0) is 15.7. The molecule has 1 saturated carbocycles. The van der Waals surface area contributed by atoms with Crippen molar-refractivity contribution in [1.29, 1.82) is 0 Å². The molecule has 1 heterocycles. The number of nitrogens with one attached hydrogen (secondary N) is 2. The van der Waals surface area contributed by atoms with Crippen molar-refractivity contribution in [2.45, 2.75) is 42.9 Å². The van der Waals surface area contributed by atoms with Gasteiger partial charge in [0, 0.05) is 38.1 Å². The molecule has 5 nitrogen and oxygen atoms in total. The number of hydrogen-bond acceptors (Lipinski definition) is 3. The lowest BCUT2D eigenvalue weighted by atomic mass is 10.4. The van der Waals surface area contributed by atoms with Gasteiger partial charge in [-0.1, -0.05) is 0 Å². The molecule has 0 bridgehead atoms. The van der Waals surface area contributed by atoms with Gasteiger partial charge < -0.3 is 9.88 Å². The van der Waals surface area contributed by atoms with E-state index in [1.807, 2.05) is 4.72 Å². The van der Waals surface area contributed by atoms with E-state index >= 15 is 0 Å². The Morgan fingerprint density at radius 3 is 2.62 bits per heavy atom. The second-order valence-corrected chi connectivity index (χ2v) is 6.96. The Labute approximate surface area is 121 Å². The standard InChI is InChI=1S/C12H18F3N3O2S/c1-18-8-11(6-10(18)7-16-9-2-3-9)21(19,20)17-5-4-12(13,14)15/h6,8-9,16-17H,2-5,7H2,1H3. The molecule has 1 aromatic heterocycles. The fraction of sp³-hybridized carbons (Fsp3) is 0.667. The fourth-order valence-corrected chi connectivity index (χ4v) is 2.97. The third-order valence-corrected chi connectivity index (χ3v) is 4.67. The molecule has 0 spiro atoms. The number of aryl methyl sites for hydroxylation is 1. The molecule has 2 rings (SSSR count). The topological polar surface area (TPSA) is 63.1 Å². The van der Waals surface area contributed by atoms with E-state index in [2.05, 4.69) is 5.32 Å². The molecule has 0 radical (unpaired) electrons. The lowest BCUT2D eigenvalue weighted by molar-refractivity contribution is -0.132. The summed E-state index contributed by atoms with van der Waals surface area (Å²) in [5.41, 5.74) is 0.776. The van der Waals surface area contributed by atoms with Crippen molar-refractivity contribution in [3.63, 3.8) is 0 Å². The second kappa shape index (κ2) is 5.98. The number of aromatic nitrogens is 1. The molecule has 1 aromatic rings. The lowest BCUT2D eigenvalue weighted by Crippen LogP contribution is -2.27. The van der Waals surface area contributed by atoms with Crippen LogP contribution >= 0.6 is 0 Å². The fourth-order valence-electron chi connectivity index (χ4n) is 1.85. The van der Waals surface area contributed by atoms with Crippen LogP contribution < -0.4 is 10.0 Å². The van der Waals surface area contributed by atoms with Gasteiger partial charge in [0.05, 0.1) is 11.3 Å². The predicted octanol–water partition coefficient (Wildman–Crippen LogP) is 1.51. The minimum absolute atomic E-state index is 0.0141. The molecular weight excluding hydrogens is 307 g/mol. The first-order valence-corrected chi connectivity index (χ1v) is 8.11. The van der Waals surface area contributed by atoms with Crippen molar-refractivity contribution in [1.82, 2.24) is 14.6 Å². The molecule has 1 fully saturated rings. The van der Waals surface area contributed by atoms with Gasteiger partial charge in [0.15, 0.2) is 0 Å². The average Bonchev–Trinajstić information content (AvgIpc) is 3.08. The predicted molar refractivity (Wildman–Crippen MR) is 71.1 cm³/mol. The SMILES string of the molecule is Cn1cc(S(=O)(=O)NCCC(F)(F)F)cc1CNC1CC1. The van der Waals surface area contributed by atoms with Gasteiger partial charge in [-0.05, 0) is 18.9 Å². The molecule has 120 valence electrons. The normalized spacial score (nSPS) is 16.4. The molecule has 1 aliphatic rings. The first-order chi connectivity index (χ1) is 9.67. The maximum Gasteiger partial charge on any atom is 0.390 e. The molecule has 2 N–H and O–H groups in total. The summed E-state index contributed by atoms with van der Waals surface area (Å²) in [6.45, 7) is -0.115. The summed E-state index contributed by atoms with van der Waals surface area (Å²) >= 11 is 0. The largest absolute Gasteiger partial charge is 0.390 e. The summed E-state index contributed by atoms with van der Waals surface area (Å²) in [7, 11) is -2.20. The average molecular weight is 325 g/mol. The summed E-state index contributed by atoms with van der Waals surface area (Å²) in [6, 6.07) is 1.97. The minimum atomic E-state index is -4.38. The van der Waals surface area contributed by atoms with Crippen LogP contribution in [0.1, 0.15) is 25.0 Å². The summed E-state index contributed by atoms with van der Waals surface area (Å²) in [4.78, 5) is -0.0141. The summed E-state index contributed by atoms with van der Waals surface area (Å²) < 4.78 is 63.6. The number of halogens is 3. The van der Waals surface area contributed by atoms with E-state index in [1.54, 1.807) is 11.6 Å². The molecule has 1 aliphatic carbocycles. The second-order valence-electron chi connectivity index (χ2n) is 5.20. The van der Waals surface area contributed by atoms with Crippen LogP contribution in [0, 0.1) is 0 Å². The molecule has 0 aromatic carbocycles. The van der Waals surface area contributed by atoms with Gasteiger partial charge >= 0.3 is 6.18 Å². The first kappa shape index (κ1) is 16.3. The maximum absolute atomic E-state index is 12.0. The van der Waals surface area contributed by atoms with Crippen LogP contribution in [0.5, 0.6) is 0 Å². The molecule has 0 aliphatic heterocycles. The van der Waals surface area contributed by atoms with Crippen LogP contribution in [0.15, 0.2) is 17.2 Å². The van der Waals surface area contributed by atoms with E-state index in [4.69, 9.17) is 0 Å². The highest BCUT2D eigenvalue weighted by atomic mass is 32.2. The lowest BCUT2D eigenvalue weighted by Gasteiger charge is -2.07. The van der Waals surface area contributed by atoms with E-state index in [1.165, 1.54) is 12.3 Å². The van der Waals surface area contributed by atoms with Crippen LogP contribution in [0.2, 0.25) is 0 Å². The Morgan fingerprint density at radius 1 is 1.38 bits per heavy atom. The summed E-state index contributed by atoms with van der Waals surface area (Å²) in [6.07, 6.45) is -1.92. The van der Waals surface area contributed by atoms with Gasteiger partial charge in [-0.3, -0.25) is 0 Å². The van der Waals surface area contributed by atoms with Crippen LogP contribution in [0.4, 0.5) is 13.2 Å². The molecule has 0 saturated heterocycles. The Morgan fingerprint density at radius 2 is 2.05 bits per heavy atom.